The lowest BCUT2D eigenvalue weighted by atomic mass is 10.2. The van der Waals surface area contributed by atoms with Crippen LogP contribution in [0.3, 0.4) is 0 Å². The van der Waals surface area contributed by atoms with E-state index in [2.05, 4.69) is 15.6 Å². The van der Waals surface area contributed by atoms with Crippen molar-refractivity contribution in [2.75, 3.05) is 16.4 Å². The number of pyridine rings is 1. The first-order valence-electron chi connectivity index (χ1n) is 5.50. The van der Waals surface area contributed by atoms with E-state index in [1.54, 1.807) is 36.5 Å². The first kappa shape index (κ1) is 11.9. The van der Waals surface area contributed by atoms with Gasteiger partial charge < -0.3 is 11.1 Å². The molecule has 92 valence electrons. The van der Waals surface area contributed by atoms with Gasteiger partial charge in [0.1, 0.15) is 5.82 Å². The molecule has 0 atom stereocenters. The van der Waals surface area contributed by atoms with E-state index in [9.17, 15) is 4.79 Å². The second-order valence-electron chi connectivity index (χ2n) is 3.88. The summed E-state index contributed by atoms with van der Waals surface area (Å²) in [7, 11) is 0. The molecule has 1 heterocycles. The van der Waals surface area contributed by atoms with E-state index in [4.69, 9.17) is 5.73 Å². The molecule has 2 amide bonds. The second-order valence-corrected chi connectivity index (χ2v) is 3.88. The predicted molar refractivity (Wildman–Crippen MR) is 72.5 cm³/mol. The molecule has 0 aliphatic heterocycles. The van der Waals surface area contributed by atoms with Gasteiger partial charge in [-0.05, 0) is 36.8 Å². The standard InChI is InChI=1S/C13H14N4O/c1-9-5-6-11(10(14)8-9)16-13(18)17-12-4-2-3-7-15-12/h2-8H,14H2,1H3,(H2,15,16,17,18). The maximum Gasteiger partial charge on any atom is 0.324 e. The van der Waals surface area contributed by atoms with Crippen molar-refractivity contribution < 1.29 is 4.79 Å². The number of hydrogen-bond acceptors (Lipinski definition) is 3. The topological polar surface area (TPSA) is 80.0 Å². The number of nitrogens with two attached hydrogens (primary N) is 1. The molecule has 2 aromatic rings. The Kier molecular flexibility index (Phi) is 3.43. The molecule has 0 fully saturated rings. The quantitative estimate of drug-likeness (QED) is 0.708. The fourth-order valence-electron chi connectivity index (χ4n) is 1.50. The number of rotatable bonds is 2. The molecule has 5 heteroatoms. The van der Waals surface area contributed by atoms with Gasteiger partial charge in [-0.15, -0.1) is 0 Å². The van der Waals surface area contributed by atoms with Crippen molar-refractivity contribution in [2.24, 2.45) is 0 Å². The summed E-state index contributed by atoms with van der Waals surface area (Å²) < 4.78 is 0. The lowest BCUT2D eigenvalue weighted by molar-refractivity contribution is 0.262. The highest BCUT2D eigenvalue weighted by molar-refractivity contribution is 6.01. The number of benzene rings is 1. The van der Waals surface area contributed by atoms with Crippen molar-refractivity contribution in [1.82, 2.24) is 4.98 Å². The zero-order chi connectivity index (χ0) is 13.0. The summed E-state index contributed by atoms with van der Waals surface area (Å²) in [5, 5.41) is 5.29. The van der Waals surface area contributed by atoms with Crippen LogP contribution in [0.4, 0.5) is 22.0 Å². The van der Waals surface area contributed by atoms with Crippen LogP contribution in [-0.4, -0.2) is 11.0 Å². The van der Waals surface area contributed by atoms with E-state index in [-0.39, 0.29) is 6.03 Å². The molecule has 4 N–H and O–H groups in total. The third kappa shape index (κ3) is 2.98. The Labute approximate surface area is 105 Å². The van der Waals surface area contributed by atoms with Crippen LogP contribution in [0.15, 0.2) is 42.6 Å². The first-order valence-corrected chi connectivity index (χ1v) is 5.50. The van der Waals surface area contributed by atoms with Crippen molar-refractivity contribution in [1.29, 1.82) is 0 Å². The molecule has 1 aromatic carbocycles. The minimum atomic E-state index is -0.371. The average Bonchev–Trinajstić information content (AvgIpc) is 2.34. The lowest BCUT2D eigenvalue weighted by Gasteiger charge is -2.09. The number of urea groups is 1. The average molecular weight is 242 g/mol. The van der Waals surface area contributed by atoms with E-state index >= 15 is 0 Å². The highest BCUT2D eigenvalue weighted by atomic mass is 16.2. The van der Waals surface area contributed by atoms with Crippen molar-refractivity contribution in [3.63, 3.8) is 0 Å². The number of anilines is 3. The van der Waals surface area contributed by atoms with Gasteiger partial charge in [-0.25, -0.2) is 9.78 Å². The van der Waals surface area contributed by atoms with Crippen LogP contribution in [0.2, 0.25) is 0 Å². The maximum absolute atomic E-state index is 11.7. The Bertz CT molecular complexity index is 554. The number of aryl methyl sites for hydroxylation is 1. The summed E-state index contributed by atoms with van der Waals surface area (Å²) in [6.45, 7) is 1.94. The molecule has 0 saturated carbocycles. The van der Waals surface area contributed by atoms with E-state index in [0.29, 0.717) is 17.2 Å². The summed E-state index contributed by atoms with van der Waals surface area (Å²) in [4.78, 5) is 15.7. The maximum atomic E-state index is 11.7. The summed E-state index contributed by atoms with van der Waals surface area (Å²) in [5.41, 5.74) is 7.96. The Morgan fingerprint density at radius 2 is 2.06 bits per heavy atom. The predicted octanol–water partition coefficient (Wildman–Crippen LogP) is 2.62. The zero-order valence-corrected chi connectivity index (χ0v) is 9.97. The first-order chi connectivity index (χ1) is 8.65. The Hall–Kier alpha value is -2.56. The molecule has 0 saturated heterocycles. The van der Waals surface area contributed by atoms with Gasteiger partial charge in [0.25, 0.3) is 0 Å². The summed E-state index contributed by atoms with van der Waals surface area (Å²) in [5.74, 6) is 0.487. The molecule has 1 aromatic heterocycles. The second kappa shape index (κ2) is 5.18. The number of carbonyl (C=O) groups excluding carboxylic acids is 1. The molecule has 0 radical (unpaired) electrons. The van der Waals surface area contributed by atoms with Gasteiger partial charge in [-0.3, -0.25) is 5.32 Å². The van der Waals surface area contributed by atoms with Gasteiger partial charge >= 0.3 is 6.03 Å². The molecule has 5 nitrogen and oxygen atoms in total. The third-order valence-electron chi connectivity index (χ3n) is 2.36. The van der Waals surface area contributed by atoms with Gasteiger partial charge in [-0.1, -0.05) is 12.1 Å². The summed E-state index contributed by atoms with van der Waals surface area (Å²) in [6, 6.07) is 10.4. The lowest BCUT2D eigenvalue weighted by Crippen LogP contribution is -2.20. The smallest absolute Gasteiger partial charge is 0.324 e. The van der Waals surface area contributed by atoms with Gasteiger partial charge in [0.2, 0.25) is 0 Å². The molecular formula is C13H14N4O. The highest BCUT2D eigenvalue weighted by Gasteiger charge is 2.05. The Balaban J connectivity index is 2.03. The number of nitrogens with one attached hydrogen (secondary N) is 2. The normalized spacial score (nSPS) is 9.83. The fourth-order valence-corrected chi connectivity index (χ4v) is 1.50. The summed E-state index contributed by atoms with van der Waals surface area (Å²) >= 11 is 0. The Morgan fingerprint density at radius 3 is 2.72 bits per heavy atom. The van der Waals surface area contributed by atoms with Crippen LogP contribution in [0.5, 0.6) is 0 Å². The summed E-state index contributed by atoms with van der Waals surface area (Å²) in [6.07, 6.45) is 1.61. The van der Waals surface area contributed by atoms with Crippen molar-refractivity contribution in [2.45, 2.75) is 6.92 Å². The number of nitrogen functional groups attached to an aromatic ring is 1. The molecule has 0 bridgehead atoms. The molecule has 0 unspecified atom stereocenters. The molecule has 2 rings (SSSR count). The van der Waals surface area contributed by atoms with Gasteiger partial charge in [0, 0.05) is 6.20 Å². The largest absolute Gasteiger partial charge is 0.397 e. The number of nitrogens with zero attached hydrogens (tertiary/aromatic N) is 1. The van der Waals surface area contributed by atoms with Crippen molar-refractivity contribution in [3.05, 3.63) is 48.2 Å². The minimum absolute atomic E-state index is 0.371. The van der Waals surface area contributed by atoms with Gasteiger partial charge in [-0.2, -0.15) is 0 Å². The number of hydrogen-bond donors (Lipinski definition) is 3. The third-order valence-corrected chi connectivity index (χ3v) is 2.36. The van der Waals surface area contributed by atoms with Crippen LogP contribution in [0.1, 0.15) is 5.56 Å². The zero-order valence-electron chi connectivity index (χ0n) is 9.97. The van der Waals surface area contributed by atoms with Crippen LogP contribution in [0, 0.1) is 6.92 Å². The van der Waals surface area contributed by atoms with Crippen LogP contribution < -0.4 is 16.4 Å². The van der Waals surface area contributed by atoms with Gasteiger partial charge in [0.15, 0.2) is 0 Å². The SMILES string of the molecule is Cc1ccc(NC(=O)Nc2ccccn2)c(N)c1. The van der Waals surface area contributed by atoms with Gasteiger partial charge in [0.05, 0.1) is 11.4 Å². The Morgan fingerprint density at radius 1 is 1.22 bits per heavy atom. The molecule has 18 heavy (non-hydrogen) atoms. The number of aromatic nitrogens is 1. The number of amides is 2. The van der Waals surface area contributed by atoms with Crippen LogP contribution in [0.25, 0.3) is 0 Å². The molecule has 0 aliphatic carbocycles. The van der Waals surface area contributed by atoms with Crippen molar-refractivity contribution in [3.8, 4) is 0 Å². The van der Waals surface area contributed by atoms with Crippen molar-refractivity contribution >= 4 is 23.2 Å². The fraction of sp³-hybridized carbons (Fsp3) is 0.0769. The number of carbonyl (C=O) groups is 1. The highest BCUT2D eigenvalue weighted by Crippen LogP contribution is 2.19. The van der Waals surface area contributed by atoms with Crippen LogP contribution in [-0.2, 0) is 0 Å². The molecular weight excluding hydrogens is 228 g/mol. The minimum Gasteiger partial charge on any atom is -0.397 e. The monoisotopic (exact) mass is 242 g/mol. The van der Waals surface area contributed by atoms with E-state index in [1.807, 2.05) is 13.0 Å². The van der Waals surface area contributed by atoms with E-state index < -0.39 is 0 Å². The molecule has 0 aliphatic rings. The van der Waals surface area contributed by atoms with E-state index in [1.165, 1.54) is 0 Å². The van der Waals surface area contributed by atoms with Crippen LogP contribution >= 0.6 is 0 Å². The van der Waals surface area contributed by atoms with E-state index in [0.717, 1.165) is 5.56 Å². The molecule has 0 spiro atoms.